The van der Waals surface area contributed by atoms with Crippen molar-refractivity contribution >= 4 is 34.9 Å². The lowest BCUT2D eigenvalue weighted by Crippen LogP contribution is -2.24. The Balaban J connectivity index is 1.45. The smallest absolute Gasteiger partial charge is 0.433 e. The van der Waals surface area contributed by atoms with Crippen LogP contribution in [-0.2, 0) is 4.79 Å². The van der Waals surface area contributed by atoms with Crippen molar-refractivity contribution in [3.63, 3.8) is 0 Å². The first-order valence-electron chi connectivity index (χ1n) is 7.96. The minimum atomic E-state index is -0.624. The van der Waals surface area contributed by atoms with Gasteiger partial charge in [0.2, 0.25) is 0 Å². The maximum atomic E-state index is 11.7. The van der Waals surface area contributed by atoms with E-state index in [1.165, 1.54) is 30.5 Å². The lowest BCUT2D eigenvalue weighted by atomic mass is 10.1. The van der Waals surface area contributed by atoms with Crippen molar-refractivity contribution < 1.29 is 18.9 Å². The molecule has 0 unspecified atom stereocenters. The second-order valence-corrected chi connectivity index (χ2v) is 5.40. The van der Waals surface area contributed by atoms with Crippen molar-refractivity contribution in [2.75, 3.05) is 6.61 Å². The highest BCUT2D eigenvalue weighted by atomic mass is 16.6. The van der Waals surface area contributed by atoms with Crippen LogP contribution in [0, 0.1) is 10.1 Å². The fraction of sp³-hybridized carbons (Fsp3) is 0.0526. The summed E-state index contributed by atoms with van der Waals surface area (Å²) in [7, 11) is 0. The van der Waals surface area contributed by atoms with Crippen LogP contribution in [0.4, 0.5) is 5.88 Å². The number of carbonyl (C=O) groups is 1. The maximum Gasteiger partial charge on any atom is 0.433 e. The fourth-order valence-corrected chi connectivity index (χ4v) is 2.26. The third kappa shape index (κ3) is 5.02. The van der Waals surface area contributed by atoms with Crippen LogP contribution in [0.1, 0.15) is 5.76 Å². The standard InChI is InChI=1S/C19H15N3O5/c23-18(13-26-17-8-7-14-4-1-2-5-15(14)12-17)21-20-11-3-6-16-9-10-19(27-16)22(24)25/h1-12H,13H2,(H,21,23)/b6-3+,20-11?. The Kier molecular flexibility index (Phi) is 5.58. The van der Waals surface area contributed by atoms with Gasteiger partial charge in [0.15, 0.2) is 6.61 Å². The first-order chi connectivity index (χ1) is 13.1. The van der Waals surface area contributed by atoms with Gasteiger partial charge in [0.25, 0.3) is 5.91 Å². The van der Waals surface area contributed by atoms with Crippen LogP contribution < -0.4 is 10.2 Å². The van der Waals surface area contributed by atoms with E-state index in [1.807, 2.05) is 36.4 Å². The number of hydrogen-bond acceptors (Lipinski definition) is 6. The minimum Gasteiger partial charge on any atom is -0.484 e. The van der Waals surface area contributed by atoms with Gasteiger partial charge in [-0.05, 0) is 41.1 Å². The summed E-state index contributed by atoms with van der Waals surface area (Å²) in [6.07, 6.45) is 4.28. The molecule has 8 nitrogen and oxygen atoms in total. The van der Waals surface area contributed by atoms with E-state index < -0.39 is 10.8 Å². The van der Waals surface area contributed by atoms with Gasteiger partial charge in [-0.15, -0.1) is 0 Å². The van der Waals surface area contributed by atoms with E-state index in [0.29, 0.717) is 11.5 Å². The number of carbonyl (C=O) groups excluding carboxylic acids is 1. The Morgan fingerprint density at radius 3 is 2.78 bits per heavy atom. The summed E-state index contributed by atoms with van der Waals surface area (Å²) in [5.74, 6) is 0.137. The zero-order valence-corrected chi connectivity index (χ0v) is 14.1. The molecule has 0 saturated carbocycles. The molecule has 1 N–H and O–H groups in total. The molecular formula is C19H15N3O5. The Hall–Kier alpha value is -3.94. The quantitative estimate of drug-likeness (QED) is 0.391. The number of nitro groups is 1. The zero-order valence-electron chi connectivity index (χ0n) is 14.1. The van der Waals surface area contributed by atoms with Crippen molar-refractivity contribution in [3.05, 3.63) is 76.5 Å². The number of benzene rings is 2. The summed E-state index contributed by atoms with van der Waals surface area (Å²) in [6.45, 7) is -0.177. The van der Waals surface area contributed by atoms with Gasteiger partial charge in [-0.25, -0.2) is 5.43 Å². The fourth-order valence-electron chi connectivity index (χ4n) is 2.26. The Bertz CT molecular complexity index is 1020. The molecule has 0 radical (unpaired) electrons. The Morgan fingerprint density at radius 1 is 1.19 bits per heavy atom. The molecule has 8 heteroatoms. The number of furan rings is 1. The van der Waals surface area contributed by atoms with Crippen molar-refractivity contribution in [2.24, 2.45) is 5.10 Å². The molecule has 2 aromatic carbocycles. The van der Waals surface area contributed by atoms with E-state index >= 15 is 0 Å². The number of hydrazone groups is 1. The summed E-state index contributed by atoms with van der Waals surface area (Å²) in [5.41, 5.74) is 2.32. The van der Waals surface area contributed by atoms with Gasteiger partial charge in [-0.1, -0.05) is 30.3 Å². The van der Waals surface area contributed by atoms with Crippen LogP contribution in [-0.4, -0.2) is 23.7 Å². The SMILES string of the molecule is O=C(COc1ccc2ccccc2c1)NN=C/C=C/c1ccc([N+](=O)[O-])o1. The molecule has 3 aromatic rings. The second kappa shape index (κ2) is 8.43. The van der Waals surface area contributed by atoms with Crippen LogP contribution >= 0.6 is 0 Å². The summed E-state index contributed by atoms with van der Waals surface area (Å²) < 4.78 is 10.4. The molecule has 1 heterocycles. The van der Waals surface area contributed by atoms with Crippen molar-refractivity contribution in [1.82, 2.24) is 5.43 Å². The van der Waals surface area contributed by atoms with Crippen LogP contribution in [0.3, 0.4) is 0 Å². The van der Waals surface area contributed by atoms with Crippen LogP contribution in [0.5, 0.6) is 5.75 Å². The molecular weight excluding hydrogens is 350 g/mol. The van der Waals surface area contributed by atoms with Crippen molar-refractivity contribution in [2.45, 2.75) is 0 Å². The first kappa shape index (κ1) is 17.9. The second-order valence-electron chi connectivity index (χ2n) is 5.40. The van der Waals surface area contributed by atoms with E-state index in [2.05, 4.69) is 10.5 Å². The van der Waals surface area contributed by atoms with Crippen molar-refractivity contribution in [3.8, 4) is 5.75 Å². The monoisotopic (exact) mass is 365 g/mol. The third-order valence-electron chi connectivity index (χ3n) is 3.49. The predicted octanol–water partition coefficient (Wildman–Crippen LogP) is 3.54. The molecule has 0 aliphatic rings. The largest absolute Gasteiger partial charge is 0.484 e. The third-order valence-corrected chi connectivity index (χ3v) is 3.49. The lowest BCUT2D eigenvalue weighted by molar-refractivity contribution is -0.402. The van der Waals surface area contributed by atoms with Gasteiger partial charge in [0.05, 0.1) is 6.07 Å². The number of allylic oxidation sites excluding steroid dienone is 1. The predicted molar refractivity (Wildman–Crippen MR) is 100 cm³/mol. The number of rotatable bonds is 7. The van der Waals surface area contributed by atoms with Crippen LogP contribution in [0.2, 0.25) is 0 Å². The Morgan fingerprint density at radius 2 is 2.00 bits per heavy atom. The van der Waals surface area contributed by atoms with E-state index in [0.717, 1.165) is 10.8 Å². The molecule has 0 spiro atoms. The summed E-state index contributed by atoms with van der Waals surface area (Å²) in [5, 5.41) is 16.3. The van der Waals surface area contributed by atoms with Gasteiger partial charge in [-0.3, -0.25) is 14.9 Å². The molecule has 27 heavy (non-hydrogen) atoms. The highest BCUT2D eigenvalue weighted by Crippen LogP contribution is 2.20. The number of ether oxygens (including phenoxy) is 1. The van der Waals surface area contributed by atoms with E-state index in [-0.39, 0.29) is 12.5 Å². The molecule has 1 amide bonds. The van der Waals surface area contributed by atoms with Gasteiger partial charge in [0.1, 0.15) is 16.4 Å². The van der Waals surface area contributed by atoms with Crippen molar-refractivity contribution in [1.29, 1.82) is 0 Å². The average Bonchev–Trinajstić information content (AvgIpc) is 3.15. The topological polar surface area (TPSA) is 107 Å². The highest BCUT2D eigenvalue weighted by molar-refractivity contribution is 5.84. The first-order valence-corrected chi connectivity index (χ1v) is 7.96. The number of amides is 1. The van der Waals surface area contributed by atoms with E-state index in [1.54, 1.807) is 6.07 Å². The lowest BCUT2D eigenvalue weighted by Gasteiger charge is -2.06. The number of nitrogens with one attached hydrogen (secondary N) is 1. The number of hydrogen-bond donors (Lipinski definition) is 1. The molecule has 136 valence electrons. The number of fused-ring (bicyclic) bond motifs is 1. The average molecular weight is 365 g/mol. The maximum absolute atomic E-state index is 11.7. The summed E-state index contributed by atoms with van der Waals surface area (Å²) >= 11 is 0. The van der Waals surface area contributed by atoms with E-state index in [4.69, 9.17) is 9.15 Å². The molecule has 0 fully saturated rings. The zero-order chi connectivity index (χ0) is 19.1. The molecule has 0 atom stereocenters. The molecule has 0 saturated heterocycles. The van der Waals surface area contributed by atoms with E-state index in [9.17, 15) is 14.9 Å². The molecule has 0 aliphatic heterocycles. The van der Waals surface area contributed by atoms with Crippen LogP contribution in [0.15, 0.2) is 70.2 Å². The molecule has 0 bridgehead atoms. The normalized spacial score (nSPS) is 11.3. The van der Waals surface area contributed by atoms with Gasteiger partial charge in [-0.2, -0.15) is 5.10 Å². The van der Waals surface area contributed by atoms with Gasteiger partial charge < -0.3 is 9.15 Å². The van der Waals surface area contributed by atoms with Crippen LogP contribution in [0.25, 0.3) is 16.8 Å². The molecule has 0 aliphatic carbocycles. The minimum absolute atomic E-state index is 0.177. The van der Waals surface area contributed by atoms with Gasteiger partial charge >= 0.3 is 5.88 Å². The van der Waals surface area contributed by atoms with Gasteiger partial charge in [0, 0.05) is 6.21 Å². The molecule has 3 rings (SSSR count). The summed E-state index contributed by atoms with van der Waals surface area (Å²) in [4.78, 5) is 21.6. The summed E-state index contributed by atoms with van der Waals surface area (Å²) in [6, 6.07) is 16.1. The molecule has 1 aromatic heterocycles. The number of nitrogens with zero attached hydrogens (tertiary/aromatic N) is 2. The Labute approximate surface area is 153 Å². The highest BCUT2D eigenvalue weighted by Gasteiger charge is 2.09.